The molecule has 1 fully saturated rings. The third-order valence-corrected chi connectivity index (χ3v) is 4.06. The van der Waals surface area contributed by atoms with Gasteiger partial charge in [-0.1, -0.05) is 15.9 Å². The van der Waals surface area contributed by atoms with Crippen LogP contribution < -0.4 is 14.8 Å². The van der Waals surface area contributed by atoms with Gasteiger partial charge in [0, 0.05) is 23.9 Å². The Kier molecular flexibility index (Phi) is 2.79. The van der Waals surface area contributed by atoms with Crippen molar-refractivity contribution in [3.05, 3.63) is 22.7 Å². The van der Waals surface area contributed by atoms with E-state index in [0.29, 0.717) is 5.92 Å². The molecule has 0 radical (unpaired) electrons. The third kappa shape index (κ3) is 2.04. The summed E-state index contributed by atoms with van der Waals surface area (Å²) >= 11 is 3.45. The van der Waals surface area contributed by atoms with Crippen molar-refractivity contribution in [1.29, 1.82) is 0 Å². The number of rotatable bonds is 1. The number of hydrogen-bond acceptors (Lipinski definition) is 3. The van der Waals surface area contributed by atoms with Crippen molar-refractivity contribution >= 4 is 15.9 Å². The Morgan fingerprint density at radius 2 is 2.18 bits per heavy atom. The summed E-state index contributed by atoms with van der Waals surface area (Å²) in [6, 6.07) is 5.91. The lowest BCUT2D eigenvalue weighted by Gasteiger charge is -2.34. The SMILES string of the molecule is CC1(C2CCCNC2)Oc2ccc(Br)cc2O1. The predicted molar refractivity (Wildman–Crippen MR) is 69.4 cm³/mol. The van der Waals surface area contributed by atoms with Gasteiger partial charge < -0.3 is 14.8 Å². The zero-order valence-corrected chi connectivity index (χ0v) is 11.4. The average molecular weight is 298 g/mol. The summed E-state index contributed by atoms with van der Waals surface area (Å²) in [5.41, 5.74) is 0. The van der Waals surface area contributed by atoms with Crippen LogP contribution in [0.15, 0.2) is 22.7 Å². The summed E-state index contributed by atoms with van der Waals surface area (Å²) < 4.78 is 13.0. The third-order valence-electron chi connectivity index (χ3n) is 3.57. The fourth-order valence-corrected chi connectivity index (χ4v) is 2.91. The molecule has 1 aromatic rings. The van der Waals surface area contributed by atoms with E-state index in [-0.39, 0.29) is 0 Å². The molecule has 1 saturated heterocycles. The lowest BCUT2D eigenvalue weighted by Crippen LogP contribution is -2.49. The normalized spacial score (nSPS) is 31.5. The molecular weight excluding hydrogens is 282 g/mol. The van der Waals surface area contributed by atoms with E-state index in [1.165, 1.54) is 6.42 Å². The Labute approximate surface area is 110 Å². The van der Waals surface area contributed by atoms with Crippen molar-refractivity contribution in [2.75, 3.05) is 13.1 Å². The number of halogens is 1. The smallest absolute Gasteiger partial charge is 0.252 e. The highest BCUT2D eigenvalue weighted by molar-refractivity contribution is 9.10. The minimum absolute atomic E-state index is 0.405. The fraction of sp³-hybridized carbons (Fsp3) is 0.538. The Bertz CT molecular complexity index is 431. The maximum absolute atomic E-state index is 6.02. The molecule has 1 N–H and O–H groups in total. The predicted octanol–water partition coefficient (Wildman–Crippen LogP) is 2.94. The molecule has 3 nitrogen and oxygen atoms in total. The van der Waals surface area contributed by atoms with E-state index >= 15 is 0 Å². The van der Waals surface area contributed by atoms with Crippen LogP contribution in [0.25, 0.3) is 0 Å². The lowest BCUT2D eigenvalue weighted by atomic mass is 9.92. The van der Waals surface area contributed by atoms with E-state index in [9.17, 15) is 0 Å². The second kappa shape index (κ2) is 4.18. The molecule has 2 heterocycles. The Morgan fingerprint density at radius 3 is 2.94 bits per heavy atom. The van der Waals surface area contributed by atoms with Gasteiger partial charge in [-0.15, -0.1) is 0 Å². The molecule has 17 heavy (non-hydrogen) atoms. The van der Waals surface area contributed by atoms with E-state index < -0.39 is 5.79 Å². The van der Waals surface area contributed by atoms with Crippen LogP contribution in [0.2, 0.25) is 0 Å². The van der Waals surface area contributed by atoms with E-state index in [2.05, 4.69) is 21.2 Å². The van der Waals surface area contributed by atoms with Gasteiger partial charge in [-0.3, -0.25) is 0 Å². The summed E-state index contributed by atoms with van der Waals surface area (Å²) in [6.45, 7) is 4.11. The summed E-state index contributed by atoms with van der Waals surface area (Å²) in [6.07, 6.45) is 2.34. The molecule has 3 rings (SSSR count). The molecule has 2 aliphatic rings. The topological polar surface area (TPSA) is 30.5 Å². The fourth-order valence-electron chi connectivity index (χ4n) is 2.57. The lowest BCUT2D eigenvalue weighted by molar-refractivity contribution is -0.115. The maximum Gasteiger partial charge on any atom is 0.252 e. The first kappa shape index (κ1) is 11.4. The van der Waals surface area contributed by atoms with Gasteiger partial charge in [0.25, 0.3) is 5.79 Å². The first-order valence-electron chi connectivity index (χ1n) is 6.06. The summed E-state index contributed by atoms with van der Waals surface area (Å²) in [7, 11) is 0. The van der Waals surface area contributed by atoms with Gasteiger partial charge in [0.1, 0.15) is 0 Å². The number of piperidine rings is 1. The molecule has 0 amide bonds. The molecule has 0 bridgehead atoms. The minimum atomic E-state index is -0.517. The quantitative estimate of drug-likeness (QED) is 0.864. The second-order valence-electron chi connectivity index (χ2n) is 4.85. The zero-order chi connectivity index (χ0) is 11.9. The molecule has 0 aromatic heterocycles. The maximum atomic E-state index is 6.02. The standard InChI is InChI=1S/C13H16BrNO2/c1-13(9-3-2-6-15-8-9)16-11-5-4-10(14)7-12(11)17-13/h4-5,7,9,15H,2-3,6,8H2,1H3. The molecule has 2 atom stereocenters. The molecule has 2 unspecified atom stereocenters. The number of ether oxygens (including phenoxy) is 2. The van der Waals surface area contributed by atoms with Crippen LogP contribution in [0.3, 0.4) is 0 Å². The summed E-state index contributed by atoms with van der Waals surface area (Å²) in [4.78, 5) is 0. The molecule has 0 saturated carbocycles. The van der Waals surface area contributed by atoms with Gasteiger partial charge in [-0.05, 0) is 37.6 Å². The average Bonchev–Trinajstić information content (AvgIpc) is 2.67. The molecule has 2 aliphatic heterocycles. The van der Waals surface area contributed by atoms with E-state index in [4.69, 9.17) is 9.47 Å². The number of nitrogens with one attached hydrogen (secondary N) is 1. The number of benzene rings is 1. The van der Waals surface area contributed by atoms with E-state index in [0.717, 1.165) is 35.5 Å². The van der Waals surface area contributed by atoms with E-state index in [1.54, 1.807) is 0 Å². The van der Waals surface area contributed by atoms with Gasteiger partial charge in [-0.2, -0.15) is 0 Å². The van der Waals surface area contributed by atoms with Crippen molar-refractivity contribution < 1.29 is 9.47 Å². The van der Waals surface area contributed by atoms with Crippen molar-refractivity contribution in [1.82, 2.24) is 5.32 Å². The van der Waals surface area contributed by atoms with Crippen LogP contribution >= 0.6 is 15.9 Å². The van der Waals surface area contributed by atoms with Crippen LogP contribution in [0.5, 0.6) is 11.5 Å². The van der Waals surface area contributed by atoms with Gasteiger partial charge in [0.05, 0.1) is 0 Å². The highest BCUT2D eigenvalue weighted by Crippen LogP contribution is 2.44. The first-order valence-corrected chi connectivity index (χ1v) is 6.85. The first-order chi connectivity index (χ1) is 8.17. The van der Waals surface area contributed by atoms with Crippen molar-refractivity contribution in [3.8, 4) is 11.5 Å². The molecule has 0 aliphatic carbocycles. The highest BCUT2D eigenvalue weighted by atomic mass is 79.9. The van der Waals surface area contributed by atoms with Crippen molar-refractivity contribution in [2.24, 2.45) is 5.92 Å². The van der Waals surface area contributed by atoms with Crippen LogP contribution in [0, 0.1) is 5.92 Å². The number of fused-ring (bicyclic) bond motifs is 1. The number of hydrogen-bond donors (Lipinski definition) is 1. The van der Waals surface area contributed by atoms with Crippen LogP contribution in [0.1, 0.15) is 19.8 Å². The second-order valence-corrected chi connectivity index (χ2v) is 5.77. The summed E-state index contributed by atoms with van der Waals surface area (Å²) in [5.74, 6) is 1.58. The minimum Gasteiger partial charge on any atom is -0.448 e. The monoisotopic (exact) mass is 297 g/mol. The van der Waals surface area contributed by atoms with Gasteiger partial charge in [0.15, 0.2) is 11.5 Å². The largest absolute Gasteiger partial charge is 0.448 e. The van der Waals surface area contributed by atoms with Gasteiger partial charge in [-0.25, -0.2) is 0 Å². The van der Waals surface area contributed by atoms with Crippen molar-refractivity contribution in [2.45, 2.75) is 25.6 Å². The molecule has 4 heteroatoms. The van der Waals surface area contributed by atoms with Gasteiger partial charge >= 0.3 is 0 Å². The van der Waals surface area contributed by atoms with Crippen LogP contribution in [-0.4, -0.2) is 18.9 Å². The zero-order valence-electron chi connectivity index (χ0n) is 9.83. The Hall–Kier alpha value is -0.740. The van der Waals surface area contributed by atoms with Crippen LogP contribution in [0.4, 0.5) is 0 Å². The van der Waals surface area contributed by atoms with Gasteiger partial charge in [0.2, 0.25) is 0 Å². The Morgan fingerprint density at radius 1 is 1.35 bits per heavy atom. The molecule has 0 spiro atoms. The Balaban J connectivity index is 1.83. The molecule has 92 valence electrons. The highest BCUT2D eigenvalue weighted by Gasteiger charge is 2.44. The molecule has 1 aromatic carbocycles. The molecular formula is C13H16BrNO2. The van der Waals surface area contributed by atoms with Crippen LogP contribution in [-0.2, 0) is 0 Å². The van der Waals surface area contributed by atoms with E-state index in [1.807, 2.05) is 25.1 Å². The van der Waals surface area contributed by atoms with Crippen molar-refractivity contribution in [3.63, 3.8) is 0 Å². The summed E-state index contributed by atoms with van der Waals surface area (Å²) in [5, 5.41) is 3.41.